The lowest BCUT2D eigenvalue weighted by Crippen LogP contribution is -2.30. The number of nitrogens with one attached hydrogen (secondary N) is 1. The van der Waals surface area contributed by atoms with E-state index in [2.05, 4.69) is 45.1 Å². The van der Waals surface area contributed by atoms with Crippen molar-refractivity contribution in [1.82, 2.24) is 5.32 Å². The zero-order chi connectivity index (χ0) is 13.5. The van der Waals surface area contributed by atoms with Gasteiger partial charge in [-0.2, -0.15) is 0 Å². The summed E-state index contributed by atoms with van der Waals surface area (Å²) >= 11 is 5.92. The van der Waals surface area contributed by atoms with Gasteiger partial charge in [-0.05, 0) is 48.9 Å². The molecule has 1 N–H and O–H groups in total. The predicted molar refractivity (Wildman–Crippen MR) is 81.2 cm³/mol. The van der Waals surface area contributed by atoms with Gasteiger partial charge in [-0.1, -0.05) is 51.4 Å². The molecule has 0 heterocycles. The Labute approximate surface area is 117 Å². The van der Waals surface area contributed by atoms with Crippen LogP contribution in [0, 0.1) is 11.8 Å². The molecule has 0 fully saturated rings. The molecule has 0 saturated heterocycles. The van der Waals surface area contributed by atoms with Crippen molar-refractivity contribution >= 4 is 11.6 Å². The molecule has 1 unspecified atom stereocenters. The Morgan fingerprint density at radius 3 is 2.17 bits per heavy atom. The van der Waals surface area contributed by atoms with Crippen LogP contribution >= 0.6 is 11.6 Å². The minimum Gasteiger partial charge on any atom is -0.314 e. The van der Waals surface area contributed by atoms with Crippen molar-refractivity contribution in [2.24, 2.45) is 11.8 Å². The Hall–Kier alpha value is -0.530. The number of hydrogen-bond donors (Lipinski definition) is 1. The van der Waals surface area contributed by atoms with Crippen molar-refractivity contribution < 1.29 is 0 Å². The van der Waals surface area contributed by atoms with Gasteiger partial charge < -0.3 is 5.32 Å². The first-order valence-corrected chi connectivity index (χ1v) is 7.33. The lowest BCUT2D eigenvalue weighted by Gasteiger charge is -2.21. The van der Waals surface area contributed by atoms with Crippen molar-refractivity contribution in [2.45, 2.75) is 46.6 Å². The van der Waals surface area contributed by atoms with Crippen molar-refractivity contribution in [2.75, 3.05) is 6.54 Å². The third-order valence-corrected chi connectivity index (χ3v) is 3.31. The summed E-state index contributed by atoms with van der Waals surface area (Å²) in [6.07, 6.45) is 2.40. The highest BCUT2D eigenvalue weighted by atomic mass is 35.5. The van der Waals surface area contributed by atoms with Crippen LogP contribution < -0.4 is 5.32 Å². The lowest BCUT2D eigenvalue weighted by molar-refractivity contribution is 0.373. The van der Waals surface area contributed by atoms with E-state index in [1.165, 1.54) is 12.0 Å². The number of hydrogen-bond acceptors (Lipinski definition) is 1. The molecule has 0 saturated carbocycles. The summed E-state index contributed by atoms with van der Waals surface area (Å²) in [7, 11) is 0. The van der Waals surface area contributed by atoms with Gasteiger partial charge in [0.2, 0.25) is 0 Å². The molecule has 1 nitrogen and oxygen atoms in total. The van der Waals surface area contributed by atoms with Gasteiger partial charge in [-0.3, -0.25) is 0 Å². The molecule has 0 aliphatic rings. The van der Waals surface area contributed by atoms with Crippen LogP contribution in [0.4, 0.5) is 0 Å². The average Bonchev–Trinajstić information content (AvgIpc) is 2.28. The summed E-state index contributed by atoms with van der Waals surface area (Å²) in [5.74, 6) is 1.45. The number of rotatable bonds is 7. The van der Waals surface area contributed by atoms with Gasteiger partial charge in [0, 0.05) is 11.1 Å². The van der Waals surface area contributed by atoms with Crippen LogP contribution in [0.5, 0.6) is 0 Å². The molecule has 102 valence electrons. The highest BCUT2D eigenvalue weighted by Gasteiger charge is 2.12. The Morgan fingerprint density at radius 2 is 1.67 bits per heavy atom. The molecule has 0 aliphatic carbocycles. The van der Waals surface area contributed by atoms with Crippen molar-refractivity contribution in [1.29, 1.82) is 0 Å². The van der Waals surface area contributed by atoms with Crippen LogP contribution in [0.15, 0.2) is 24.3 Å². The Morgan fingerprint density at radius 1 is 1.06 bits per heavy atom. The second-order valence-electron chi connectivity index (χ2n) is 5.89. The molecule has 0 amide bonds. The zero-order valence-electron chi connectivity index (χ0n) is 12.0. The van der Waals surface area contributed by atoms with Gasteiger partial charge in [0.05, 0.1) is 0 Å². The molecule has 2 heteroatoms. The summed E-state index contributed by atoms with van der Waals surface area (Å²) in [6.45, 7) is 10.1. The van der Waals surface area contributed by atoms with E-state index in [9.17, 15) is 0 Å². The second-order valence-corrected chi connectivity index (χ2v) is 6.33. The fraction of sp³-hybridized carbons (Fsp3) is 0.625. The smallest absolute Gasteiger partial charge is 0.0406 e. The van der Waals surface area contributed by atoms with E-state index < -0.39 is 0 Å². The molecule has 1 atom stereocenters. The van der Waals surface area contributed by atoms with E-state index in [0.717, 1.165) is 23.9 Å². The molecule has 1 rings (SSSR count). The molecule has 0 spiro atoms. The Balaban J connectivity index is 2.56. The van der Waals surface area contributed by atoms with E-state index in [-0.39, 0.29) is 0 Å². The predicted octanol–water partition coefficient (Wildman–Crippen LogP) is 4.54. The summed E-state index contributed by atoms with van der Waals surface area (Å²) in [5, 5.41) is 4.38. The topological polar surface area (TPSA) is 12.0 Å². The van der Waals surface area contributed by atoms with E-state index in [0.29, 0.717) is 12.0 Å². The van der Waals surface area contributed by atoms with Crippen LogP contribution in [-0.2, 0) is 6.42 Å². The normalized spacial score (nSPS) is 13.3. The standard InChI is InChI=1S/C16H26ClN/c1-12(2)9-15(11-18-13(3)4)10-14-5-7-16(17)8-6-14/h5-8,12-13,15,18H,9-11H2,1-4H3. The van der Waals surface area contributed by atoms with Crippen molar-refractivity contribution in [3.8, 4) is 0 Å². The molecule has 0 aliphatic heterocycles. The van der Waals surface area contributed by atoms with E-state index in [1.54, 1.807) is 0 Å². The third-order valence-electron chi connectivity index (χ3n) is 3.06. The quantitative estimate of drug-likeness (QED) is 0.765. The van der Waals surface area contributed by atoms with Gasteiger partial charge in [0.15, 0.2) is 0 Å². The highest BCUT2D eigenvalue weighted by molar-refractivity contribution is 6.30. The first-order chi connectivity index (χ1) is 8.47. The van der Waals surface area contributed by atoms with Crippen molar-refractivity contribution in [3.63, 3.8) is 0 Å². The summed E-state index contributed by atoms with van der Waals surface area (Å²) in [5.41, 5.74) is 1.38. The van der Waals surface area contributed by atoms with Crippen LogP contribution in [0.2, 0.25) is 5.02 Å². The summed E-state index contributed by atoms with van der Waals surface area (Å²) < 4.78 is 0. The van der Waals surface area contributed by atoms with Gasteiger partial charge in [0.1, 0.15) is 0 Å². The maximum absolute atomic E-state index is 5.92. The van der Waals surface area contributed by atoms with Gasteiger partial charge >= 0.3 is 0 Å². The average molecular weight is 268 g/mol. The molecular formula is C16H26ClN. The maximum atomic E-state index is 5.92. The first kappa shape index (κ1) is 15.5. The van der Waals surface area contributed by atoms with Crippen LogP contribution in [0.1, 0.15) is 39.7 Å². The number of benzene rings is 1. The van der Waals surface area contributed by atoms with Crippen LogP contribution in [-0.4, -0.2) is 12.6 Å². The summed E-state index contributed by atoms with van der Waals surface area (Å²) in [6, 6.07) is 8.82. The monoisotopic (exact) mass is 267 g/mol. The minimum absolute atomic E-state index is 0.560. The van der Waals surface area contributed by atoms with E-state index >= 15 is 0 Å². The van der Waals surface area contributed by atoms with Crippen LogP contribution in [0.25, 0.3) is 0 Å². The molecule has 1 aromatic carbocycles. The molecule has 1 aromatic rings. The minimum atomic E-state index is 0.560. The largest absolute Gasteiger partial charge is 0.314 e. The van der Waals surface area contributed by atoms with Crippen molar-refractivity contribution in [3.05, 3.63) is 34.9 Å². The van der Waals surface area contributed by atoms with E-state index in [1.807, 2.05) is 12.1 Å². The fourth-order valence-electron chi connectivity index (χ4n) is 2.26. The zero-order valence-corrected chi connectivity index (χ0v) is 12.8. The first-order valence-electron chi connectivity index (χ1n) is 6.95. The molecule has 0 radical (unpaired) electrons. The molecule has 0 aromatic heterocycles. The maximum Gasteiger partial charge on any atom is 0.0406 e. The SMILES string of the molecule is CC(C)CC(CNC(C)C)Cc1ccc(Cl)cc1. The second kappa shape index (κ2) is 7.81. The summed E-state index contributed by atoms with van der Waals surface area (Å²) in [4.78, 5) is 0. The Kier molecular flexibility index (Phi) is 6.73. The van der Waals surface area contributed by atoms with Crippen LogP contribution in [0.3, 0.4) is 0 Å². The third kappa shape index (κ3) is 6.42. The molecule has 0 bridgehead atoms. The lowest BCUT2D eigenvalue weighted by atomic mass is 9.91. The van der Waals surface area contributed by atoms with Gasteiger partial charge in [-0.25, -0.2) is 0 Å². The van der Waals surface area contributed by atoms with Gasteiger partial charge in [0.25, 0.3) is 0 Å². The highest BCUT2D eigenvalue weighted by Crippen LogP contribution is 2.18. The Bertz CT molecular complexity index is 329. The molecule has 18 heavy (non-hydrogen) atoms. The fourth-order valence-corrected chi connectivity index (χ4v) is 2.39. The van der Waals surface area contributed by atoms with Gasteiger partial charge in [-0.15, -0.1) is 0 Å². The molecular weight excluding hydrogens is 242 g/mol. The van der Waals surface area contributed by atoms with E-state index in [4.69, 9.17) is 11.6 Å². The number of halogens is 1.